The third kappa shape index (κ3) is 3.25. The molecule has 0 unspecified atom stereocenters. The molecule has 0 atom stereocenters. The van der Waals surface area contributed by atoms with Crippen LogP contribution in [0.5, 0.6) is 0 Å². The highest BCUT2D eigenvalue weighted by Gasteiger charge is 1.88. The van der Waals surface area contributed by atoms with Crippen molar-refractivity contribution in [1.29, 1.82) is 0 Å². The second-order valence-electron chi connectivity index (χ2n) is 3.54. The van der Waals surface area contributed by atoms with Gasteiger partial charge in [-0.1, -0.05) is 79.0 Å². The molecule has 2 rings (SSSR count). The summed E-state index contributed by atoms with van der Waals surface area (Å²) in [4.78, 5) is 0. The molecular weight excluding hydrogens is 192 g/mol. The van der Waals surface area contributed by atoms with Gasteiger partial charge in [0, 0.05) is 0 Å². The van der Waals surface area contributed by atoms with Crippen molar-refractivity contribution in [3.8, 4) is 0 Å². The molecule has 0 heteroatoms. The molecule has 1 aromatic carbocycles. The van der Waals surface area contributed by atoms with Crippen LogP contribution in [0.2, 0.25) is 0 Å². The molecule has 0 saturated heterocycles. The number of hydrogen-bond acceptors (Lipinski definition) is 0. The van der Waals surface area contributed by atoms with Crippen LogP contribution >= 0.6 is 0 Å². The van der Waals surface area contributed by atoms with Crippen LogP contribution in [0.3, 0.4) is 0 Å². The fourth-order valence-electron chi connectivity index (χ4n) is 1.48. The van der Waals surface area contributed by atoms with Gasteiger partial charge in [-0.15, -0.1) is 0 Å². The van der Waals surface area contributed by atoms with E-state index in [9.17, 15) is 0 Å². The van der Waals surface area contributed by atoms with Gasteiger partial charge in [0.25, 0.3) is 0 Å². The first kappa shape index (κ1) is 10.4. The Morgan fingerprint density at radius 2 is 0.938 bits per heavy atom. The summed E-state index contributed by atoms with van der Waals surface area (Å²) in [7, 11) is 0. The first-order valence-electron chi connectivity index (χ1n) is 5.40. The van der Waals surface area contributed by atoms with E-state index in [1.807, 2.05) is 36.5 Å². The SMILES string of the molecule is C1=C\C=C/c2cccc(c2)/C=C\C=C\C=C/1. The Morgan fingerprint density at radius 1 is 0.500 bits per heavy atom. The Hall–Kier alpha value is -2.08. The first-order chi connectivity index (χ1) is 7.95. The number of benzene rings is 1. The molecule has 0 nitrogen and oxygen atoms in total. The molecule has 78 valence electrons. The maximum absolute atomic E-state index is 2.17. The fourth-order valence-corrected chi connectivity index (χ4v) is 1.48. The van der Waals surface area contributed by atoms with E-state index in [0.29, 0.717) is 0 Å². The van der Waals surface area contributed by atoms with Crippen LogP contribution in [0.25, 0.3) is 12.2 Å². The largest absolute Gasteiger partial charge is 0.0623 e. The maximum Gasteiger partial charge on any atom is -0.0251 e. The van der Waals surface area contributed by atoms with Crippen LogP contribution in [-0.2, 0) is 0 Å². The number of fused-ring (bicyclic) bond motifs is 2. The molecule has 0 amide bonds. The lowest BCUT2D eigenvalue weighted by atomic mass is 10.1. The third-order valence-electron chi connectivity index (χ3n) is 2.27. The van der Waals surface area contributed by atoms with E-state index in [-0.39, 0.29) is 0 Å². The lowest BCUT2D eigenvalue weighted by molar-refractivity contribution is 1.62. The van der Waals surface area contributed by atoms with Gasteiger partial charge >= 0.3 is 0 Å². The lowest BCUT2D eigenvalue weighted by Crippen LogP contribution is -1.74. The molecule has 0 spiro atoms. The van der Waals surface area contributed by atoms with Crippen molar-refractivity contribution in [1.82, 2.24) is 0 Å². The molecule has 0 heterocycles. The van der Waals surface area contributed by atoms with Crippen molar-refractivity contribution in [2.75, 3.05) is 0 Å². The van der Waals surface area contributed by atoms with Crippen LogP contribution in [0.1, 0.15) is 11.1 Å². The van der Waals surface area contributed by atoms with Gasteiger partial charge in [-0.05, 0) is 17.2 Å². The van der Waals surface area contributed by atoms with Gasteiger partial charge in [0.2, 0.25) is 0 Å². The molecule has 16 heavy (non-hydrogen) atoms. The van der Waals surface area contributed by atoms with Crippen LogP contribution in [0.4, 0.5) is 0 Å². The quantitative estimate of drug-likeness (QED) is 0.590. The summed E-state index contributed by atoms with van der Waals surface area (Å²) in [6, 6.07) is 8.45. The van der Waals surface area contributed by atoms with Crippen LogP contribution in [-0.4, -0.2) is 0 Å². The zero-order valence-corrected chi connectivity index (χ0v) is 9.08. The first-order valence-corrected chi connectivity index (χ1v) is 5.40. The predicted molar refractivity (Wildman–Crippen MR) is 71.9 cm³/mol. The zero-order valence-electron chi connectivity index (χ0n) is 9.08. The monoisotopic (exact) mass is 206 g/mol. The van der Waals surface area contributed by atoms with E-state index in [1.54, 1.807) is 0 Å². The van der Waals surface area contributed by atoms with Gasteiger partial charge in [-0.3, -0.25) is 0 Å². The van der Waals surface area contributed by atoms with Crippen molar-refractivity contribution >= 4 is 12.2 Å². The van der Waals surface area contributed by atoms with Gasteiger partial charge in [0.15, 0.2) is 0 Å². The van der Waals surface area contributed by atoms with Gasteiger partial charge in [0.05, 0.1) is 0 Å². The van der Waals surface area contributed by atoms with E-state index in [0.717, 1.165) is 0 Å². The van der Waals surface area contributed by atoms with E-state index in [4.69, 9.17) is 0 Å². The molecule has 0 aromatic heterocycles. The number of hydrogen-bond donors (Lipinski definition) is 0. The molecule has 0 fully saturated rings. The Kier molecular flexibility index (Phi) is 3.73. The van der Waals surface area contributed by atoms with Crippen LogP contribution in [0.15, 0.2) is 72.9 Å². The lowest BCUT2D eigenvalue weighted by Gasteiger charge is -1.95. The summed E-state index contributed by atoms with van der Waals surface area (Å²) in [6.07, 6.45) is 20.4. The zero-order chi connectivity index (χ0) is 11.1. The van der Waals surface area contributed by atoms with Crippen molar-refractivity contribution < 1.29 is 0 Å². The third-order valence-corrected chi connectivity index (χ3v) is 2.27. The minimum absolute atomic E-state index is 1.22. The second-order valence-corrected chi connectivity index (χ2v) is 3.54. The Bertz CT molecular complexity index is 441. The molecule has 0 N–H and O–H groups in total. The van der Waals surface area contributed by atoms with Crippen molar-refractivity contribution in [3.05, 3.63) is 84.0 Å². The Balaban J connectivity index is 2.36. The standard InChI is InChI=1S/C16H14/c1-2-4-6-8-11-16-13-9-12-15(14-16)10-7-5-3-1/h1-14H/b2-1-,5-3-,6-4+,10-7-,11-8-. The highest BCUT2D eigenvalue weighted by atomic mass is 13.9. The minimum atomic E-state index is 1.22. The molecule has 0 saturated carbocycles. The summed E-state index contributed by atoms with van der Waals surface area (Å²) in [5, 5.41) is 0. The predicted octanol–water partition coefficient (Wildman–Crippen LogP) is 4.40. The average molecular weight is 206 g/mol. The van der Waals surface area contributed by atoms with E-state index < -0.39 is 0 Å². The van der Waals surface area contributed by atoms with Gasteiger partial charge in [-0.25, -0.2) is 0 Å². The maximum atomic E-state index is 2.17. The summed E-state index contributed by atoms with van der Waals surface area (Å²) >= 11 is 0. The number of allylic oxidation sites excluding steroid dienone is 8. The molecule has 1 aliphatic carbocycles. The Morgan fingerprint density at radius 3 is 1.44 bits per heavy atom. The van der Waals surface area contributed by atoms with Crippen LogP contribution in [0, 0.1) is 0 Å². The normalized spacial score (nSPS) is 24.2. The molecular formula is C16H14. The molecule has 0 radical (unpaired) electrons. The van der Waals surface area contributed by atoms with Gasteiger partial charge < -0.3 is 0 Å². The van der Waals surface area contributed by atoms with Crippen LogP contribution < -0.4 is 0 Å². The highest BCUT2D eigenvalue weighted by molar-refractivity contribution is 5.59. The number of rotatable bonds is 0. The summed E-state index contributed by atoms with van der Waals surface area (Å²) in [5.41, 5.74) is 2.44. The topological polar surface area (TPSA) is 0 Å². The van der Waals surface area contributed by atoms with E-state index in [1.165, 1.54) is 11.1 Å². The van der Waals surface area contributed by atoms with Gasteiger partial charge in [-0.2, -0.15) is 0 Å². The summed E-state index contributed by atoms with van der Waals surface area (Å²) in [5.74, 6) is 0. The van der Waals surface area contributed by atoms with Gasteiger partial charge in [0.1, 0.15) is 0 Å². The summed E-state index contributed by atoms with van der Waals surface area (Å²) < 4.78 is 0. The molecule has 1 aliphatic rings. The van der Waals surface area contributed by atoms with E-state index >= 15 is 0 Å². The van der Waals surface area contributed by atoms with Crippen molar-refractivity contribution in [2.24, 2.45) is 0 Å². The molecule has 0 aliphatic heterocycles. The highest BCUT2D eigenvalue weighted by Crippen LogP contribution is 2.09. The molecule has 1 aromatic rings. The Labute approximate surface area is 96.6 Å². The van der Waals surface area contributed by atoms with Crippen molar-refractivity contribution in [3.63, 3.8) is 0 Å². The second kappa shape index (κ2) is 5.72. The summed E-state index contributed by atoms with van der Waals surface area (Å²) in [6.45, 7) is 0. The fraction of sp³-hybridized carbons (Fsp3) is 0. The van der Waals surface area contributed by atoms with E-state index in [2.05, 4.69) is 48.6 Å². The van der Waals surface area contributed by atoms with Crippen molar-refractivity contribution in [2.45, 2.75) is 0 Å². The smallest absolute Gasteiger partial charge is 0.0251 e. The minimum Gasteiger partial charge on any atom is -0.0623 e. The molecule has 2 bridgehead atoms. The average Bonchev–Trinajstić information content (AvgIpc) is 2.32.